The number of amides is 1. The minimum absolute atomic E-state index is 0.184. The monoisotopic (exact) mass is 336 g/mol. The van der Waals surface area contributed by atoms with Gasteiger partial charge in [0.15, 0.2) is 0 Å². The summed E-state index contributed by atoms with van der Waals surface area (Å²) in [6.07, 6.45) is 3.95. The number of nitrogens with one attached hydrogen (secondary N) is 1. The zero-order valence-corrected chi connectivity index (χ0v) is 15.4. The fraction of sp³-hybridized carbons (Fsp3) is 0.611. The number of carbonyl (C=O) groups is 1. The maximum Gasteiger partial charge on any atom is 0.410 e. The highest BCUT2D eigenvalue weighted by Gasteiger charge is 2.26. The summed E-state index contributed by atoms with van der Waals surface area (Å²) in [5.74, 6) is 0.603. The molecule has 5 heteroatoms. The van der Waals surface area contributed by atoms with Crippen LogP contribution in [-0.2, 0) is 4.74 Å². The van der Waals surface area contributed by atoms with Crippen molar-refractivity contribution in [1.29, 1.82) is 0 Å². The maximum absolute atomic E-state index is 12.1. The van der Waals surface area contributed by atoms with E-state index < -0.39 is 5.60 Å². The van der Waals surface area contributed by atoms with Gasteiger partial charge in [0, 0.05) is 30.2 Å². The highest BCUT2D eigenvalue weighted by Crippen LogP contribution is 2.22. The van der Waals surface area contributed by atoms with Crippen molar-refractivity contribution in [3.63, 3.8) is 0 Å². The number of benzene rings is 1. The van der Waals surface area contributed by atoms with Gasteiger partial charge in [-0.25, -0.2) is 4.79 Å². The summed E-state index contributed by atoms with van der Waals surface area (Å²) in [6.45, 7) is 8.25. The first-order valence-corrected chi connectivity index (χ1v) is 9.46. The van der Waals surface area contributed by atoms with Crippen molar-refractivity contribution in [1.82, 2.24) is 4.90 Å². The fourth-order valence-electron chi connectivity index (χ4n) is 2.64. The Bertz CT molecular complexity index is 520. The first-order chi connectivity index (χ1) is 10.9. The molecule has 0 spiro atoms. The number of carbonyl (C=O) groups excluding carboxylic acids is 1. The summed E-state index contributed by atoms with van der Waals surface area (Å²) in [5.41, 5.74) is 0.754. The normalized spacial score (nSPS) is 16.3. The van der Waals surface area contributed by atoms with Crippen LogP contribution in [0.4, 0.5) is 10.5 Å². The quantitative estimate of drug-likeness (QED) is 0.824. The van der Waals surface area contributed by atoms with Gasteiger partial charge in [-0.05, 0) is 64.0 Å². The van der Waals surface area contributed by atoms with Gasteiger partial charge in [-0.2, -0.15) is 0 Å². The first-order valence-electron chi connectivity index (χ1n) is 8.23. The number of anilines is 1. The highest BCUT2D eigenvalue weighted by molar-refractivity contribution is 7.98. The molecule has 1 fully saturated rings. The fourth-order valence-corrected chi connectivity index (χ4v) is 3.10. The Morgan fingerprint density at radius 3 is 2.65 bits per heavy atom. The number of rotatable bonds is 4. The molecule has 0 saturated carbocycles. The lowest BCUT2D eigenvalue weighted by molar-refractivity contribution is 0.0188. The summed E-state index contributed by atoms with van der Waals surface area (Å²) in [5, 5.41) is 3.52. The van der Waals surface area contributed by atoms with Crippen LogP contribution >= 0.6 is 11.8 Å². The van der Waals surface area contributed by atoms with Crippen LogP contribution < -0.4 is 5.32 Å². The zero-order chi connectivity index (χ0) is 16.9. The molecular weight excluding hydrogens is 308 g/mol. The summed E-state index contributed by atoms with van der Waals surface area (Å²) < 4.78 is 5.44. The van der Waals surface area contributed by atoms with Gasteiger partial charge < -0.3 is 15.0 Å². The molecule has 0 unspecified atom stereocenters. The second kappa shape index (κ2) is 7.95. The highest BCUT2D eigenvalue weighted by atomic mass is 32.2. The zero-order valence-electron chi connectivity index (χ0n) is 14.6. The summed E-state index contributed by atoms with van der Waals surface area (Å²) in [4.78, 5) is 15.2. The van der Waals surface area contributed by atoms with Crippen molar-refractivity contribution in [3.8, 4) is 0 Å². The molecule has 2 rings (SSSR count). The van der Waals surface area contributed by atoms with Crippen LogP contribution in [0.2, 0.25) is 0 Å². The molecule has 1 saturated heterocycles. The van der Waals surface area contributed by atoms with E-state index in [-0.39, 0.29) is 6.09 Å². The topological polar surface area (TPSA) is 41.6 Å². The van der Waals surface area contributed by atoms with Gasteiger partial charge in [0.25, 0.3) is 0 Å². The minimum Gasteiger partial charge on any atom is -0.444 e. The van der Waals surface area contributed by atoms with Gasteiger partial charge in [-0.15, -0.1) is 11.8 Å². The molecule has 0 bridgehead atoms. The number of nitrogens with zero attached hydrogens (tertiary/aromatic N) is 1. The van der Waals surface area contributed by atoms with Crippen LogP contribution in [0, 0.1) is 5.92 Å². The molecule has 128 valence electrons. The van der Waals surface area contributed by atoms with Crippen LogP contribution in [0.3, 0.4) is 0 Å². The molecule has 1 heterocycles. The third-order valence-electron chi connectivity index (χ3n) is 3.93. The molecule has 0 aliphatic carbocycles. The lowest BCUT2D eigenvalue weighted by Gasteiger charge is -2.33. The van der Waals surface area contributed by atoms with Crippen LogP contribution in [0.15, 0.2) is 29.2 Å². The van der Waals surface area contributed by atoms with Crippen molar-refractivity contribution in [2.45, 2.75) is 44.1 Å². The smallest absolute Gasteiger partial charge is 0.410 e. The van der Waals surface area contributed by atoms with E-state index in [1.165, 1.54) is 10.6 Å². The average Bonchev–Trinajstić information content (AvgIpc) is 2.52. The van der Waals surface area contributed by atoms with Gasteiger partial charge in [0.2, 0.25) is 0 Å². The molecule has 1 amide bonds. The van der Waals surface area contributed by atoms with E-state index in [2.05, 4.69) is 35.8 Å². The van der Waals surface area contributed by atoms with Crippen molar-refractivity contribution in [3.05, 3.63) is 24.3 Å². The van der Waals surface area contributed by atoms with E-state index >= 15 is 0 Å². The van der Waals surface area contributed by atoms with Crippen LogP contribution in [0.25, 0.3) is 0 Å². The van der Waals surface area contributed by atoms with E-state index in [1.54, 1.807) is 11.8 Å². The van der Waals surface area contributed by atoms with Crippen LogP contribution in [0.5, 0.6) is 0 Å². The molecule has 1 N–H and O–H groups in total. The third kappa shape index (κ3) is 5.98. The molecule has 0 aromatic heterocycles. The van der Waals surface area contributed by atoms with E-state index in [0.717, 1.165) is 32.5 Å². The molecular formula is C18H28N2O2S. The molecule has 1 aliphatic heterocycles. The van der Waals surface area contributed by atoms with Crippen molar-refractivity contribution in [2.75, 3.05) is 31.2 Å². The molecule has 23 heavy (non-hydrogen) atoms. The second-order valence-electron chi connectivity index (χ2n) is 7.02. The number of thioether (sulfide) groups is 1. The Balaban J connectivity index is 1.75. The Kier molecular flexibility index (Phi) is 6.22. The number of hydrogen-bond acceptors (Lipinski definition) is 4. The van der Waals surface area contributed by atoms with Crippen LogP contribution in [0.1, 0.15) is 33.6 Å². The molecule has 1 aromatic carbocycles. The average molecular weight is 337 g/mol. The van der Waals surface area contributed by atoms with Crippen LogP contribution in [-0.4, -0.2) is 42.5 Å². The Labute approximate surface area is 144 Å². The summed E-state index contributed by atoms with van der Waals surface area (Å²) in [6, 6.07) is 8.49. The lowest BCUT2D eigenvalue weighted by Crippen LogP contribution is -2.42. The number of piperidine rings is 1. The largest absolute Gasteiger partial charge is 0.444 e. The van der Waals surface area contributed by atoms with Gasteiger partial charge in [0.05, 0.1) is 0 Å². The Hall–Kier alpha value is -1.36. The summed E-state index contributed by atoms with van der Waals surface area (Å²) in [7, 11) is 0. The number of likely N-dealkylation sites (tertiary alicyclic amines) is 1. The standard InChI is InChI=1S/C18H28N2O2S/c1-18(2,3)22-17(21)20-10-8-14(9-11-20)13-19-15-6-5-7-16(12-15)23-4/h5-7,12,14,19H,8-11,13H2,1-4H3. The Morgan fingerprint density at radius 2 is 2.04 bits per heavy atom. The van der Waals surface area contributed by atoms with Gasteiger partial charge in [0.1, 0.15) is 5.60 Å². The van der Waals surface area contributed by atoms with Gasteiger partial charge in [-0.3, -0.25) is 0 Å². The molecule has 1 aliphatic rings. The molecule has 0 radical (unpaired) electrons. The molecule has 1 aromatic rings. The Morgan fingerprint density at radius 1 is 1.35 bits per heavy atom. The first kappa shape index (κ1) is 18.0. The minimum atomic E-state index is -0.419. The van der Waals surface area contributed by atoms with Gasteiger partial charge in [-0.1, -0.05) is 6.07 Å². The van der Waals surface area contributed by atoms with E-state index in [4.69, 9.17) is 4.74 Å². The van der Waals surface area contributed by atoms with Crippen molar-refractivity contribution >= 4 is 23.5 Å². The lowest BCUT2D eigenvalue weighted by atomic mass is 9.97. The third-order valence-corrected chi connectivity index (χ3v) is 4.66. The summed E-state index contributed by atoms with van der Waals surface area (Å²) >= 11 is 1.75. The van der Waals surface area contributed by atoms with E-state index in [9.17, 15) is 4.79 Å². The van der Waals surface area contributed by atoms with Crippen molar-refractivity contribution < 1.29 is 9.53 Å². The molecule has 0 atom stereocenters. The maximum atomic E-state index is 12.1. The second-order valence-corrected chi connectivity index (χ2v) is 7.90. The number of hydrogen-bond donors (Lipinski definition) is 1. The molecule has 4 nitrogen and oxygen atoms in total. The predicted octanol–water partition coefficient (Wildman–Crippen LogP) is 4.47. The predicted molar refractivity (Wildman–Crippen MR) is 97.2 cm³/mol. The number of ether oxygens (including phenoxy) is 1. The van der Waals surface area contributed by atoms with E-state index in [1.807, 2.05) is 25.7 Å². The SMILES string of the molecule is CSc1cccc(NCC2CCN(C(=O)OC(C)(C)C)CC2)c1. The van der Waals surface area contributed by atoms with Gasteiger partial charge >= 0.3 is 6.09 Å². The van der Waals surface area contributed by atoms with E-state index in [0.29, 0.717) is 5.92 Å². The van der Waals surface area contributed by atoms with Crippen molar-refractivity contribution in [2.24, 2.45) is 5.92 Å².